The Labute approximate surface area is 139 Å². The van der Waals surface area contributed by atoms with Gasteiger partial charge in [-0.2, -0.15) is 0 Å². The summed E-state index contributed by atoms with van der Waals surface area (Å²) in [4.78, 5) is 13.0. The Hall–Kier alpha value is -1.98. The lowest BCUT2D eigenvalue weighted by Gasteiger charge is -2.17. The van der Waals surface area contributed by atoms with Crippen LogP contribution in [0, 0.1) is 0 Å². The Kier molecular flexibility index (Phi) is 6.07. The topological polar surface area (TPSA) is 66.4 Å². The SMILES string of the molecule is CCc1ccc(C(CO)NC(=O)c2ccc(S(C)=O)cc2)cc1. The van der Waals surface area contributed by atoms with E-state index in [4.69, 9.17) is 0 Å². The van der Waals surface area contributed by atoms with Crippen molar-refractivity contribution < 1.29 is 14.1 Å². The molecule has 0 aliphatic carbocycles. The normalized spacial score (nSPS) is 13.3. The molecule has 2 aromatic carbocycles. The maximum atomic E-state index is 12.3. The summed E-state index contributed by atoms with van der Waals surface area (Å²) in [5.74, 6) is -0.267. The third kappa shape index (κ3) is 4.50. The number of carbonyl (C=O) groups excluding carboxylic acids is 1. The van der Waals surface area contributed by atoms with Crippen LogP contribution in [-0.4, -0.2) is 28.1 Å². The summed E-state index contributed by atoms with van der Waals surface area (Å²) in [6.45, 7) is 1.90. The average Bonchev–Trinajstić information content (AvgIpc) is 2.59. The summed E-state index contributed by atoms with van der Waals surface area (Å²) < 4.78 is 11.4. The van der Waals surface area contributed by atoms with Crippen molar-refractivity contribution in [1.82, 2.24) is 5.32 Å². The van der Waals surface area contributed by atoms with Gasteiger partial charge in [0.1, 0.15) is 0 Å². The van der Waals surface area contributed by atoms with Crippen molar-refractivity contribution in [2.24, 2.45) is 0 Å². The van der Waals surface area contributed by atoms with Gasteiger partial charge in [-0.25, -0.2) is 0 Å². The van der Waals surface area contributed by atoms with E-state index in [1.54, 1.807) is 30.5 Å². The van der Waals surface area contributed by atoms with Gasteiger partial charge in [-0.1, -0.05) is 31.2 Å². The quantitative estimate of drug-likeness (QED) is 0.854. The molecule has 0 heterocycles. The van der Waals surface area contributed by atoms with E-state index in [1.807, 2.05) is 24.3 Å². The van der Waals surface area contributed by atoms with Crippen molar-refractivity contribution >= 4 is 16.7 Å². The maximum absolute atomic E-state index is 12.3. The average molecular weight is 331 g/mol. The summed E-state index contributed by atoms with van der Waals surface area (Å²) in [7, 11) is -1.07. The van der Waals surface area contributed by atoms with Crippen LogP contribution in [0.4, 0.5) is 0 Å². The fourth-order valence-electron chi connectivity index (χ4n) is 2.26. The van der Waals surface area contributed by atoms with Crippen LogP contribution in [0.1, 0.15) is 34.5 Å². The maximum Gasteiger partial charge on any atom is 0.251 e. The molecule has 23 heavy (non-hydrogen) atoms. The van der Waals surface area contributed by atoms with Gasteiger partial charge >= 0.3 is 0 Å². The van der Waals surface area contributed by atoms with Gasteiger partial charge in [0.25, 0.3) is 5.91 Å². The van der Waals surface area contributed by atoms with Gasteiger partial charge in [0.2, 0.25) is 0 Å². The molecule has 0 saturated carbocycles. The number of amides is 1. The molecule has 2 rings (SSSR count). The van der Waals surface area contributed by atoms with Crippen LogP contribution in [0.15, 0.2) is 53.4 Å². The molecule has 0 aliphatic heterocycles. The highest BCUT2D eigenvalue weighted by Crippen LogP contribution is 2.15. The lowest BCUT2D eigenvalue weighted by molar-refractivity contribution is 0.0916. The molecule has 4 nitrogen and oxygen atoms in total. The summed E-state index contributed by atoms with van der Waals surface area (Å²) in [6.07, 6.45) is 2.54. The van der Waals surface area contributed by atoms with Crippen molar-refractivity contribution in [1.29, 1.82) is 0 Å². The Morgan fingerprint density at radius 1 is 1.13 bits per heavy atom. The van der Waals surface area contributed by atoms with Crippen LogP contribution in [0.3, 0.4) is 0 Å². The first-order valence-corrected chi connectivity index (χ1v) is 9.05. The molecule has 5 heteroatoms. The van der Waals surface area contributed by atoms with Crippen molar-refractivity contribution in [3.8, 4) is 0 Å². The molecule has 1 amide bonds. The van der Waals surface area contributed by atoms with Crippen LogP contribution in [0.5, 0.6) is 0 Å². The smallest absolute Gasteiger partial charge is 0.251 e. The van der Waals surface area contributed by atoms with Crippen LogP contribution in [0.2, 0.25) is 0 Å². The molecule has 0 aromatic heterocycles. The third-order valence-corrected chi connectivity index (χ3v) is 4.66. The van der Waals surface area contributed by atoms with Crippen molar-refractivity contribution in [3.63, 3.8) is 0 Å². The van der Waals surface area contributed by atoms with E-state index in [9.17, 15) is 14.1 Å². The lowest BCUT2D eigenvalue weighted by atomic mass is 10.0. The summed E-state index contributed by atoms with van der Waals surface area (Å²) >= 11 is 0. The van der Waals surface area contributed by atoms with E-state index in [0.29, 0.717) is 10.5 Å². The zero-order valence-electron chi connectivity index (χ0n) is 13.3. The first-order chi connectivity index (χ1) is 11.0. The molecule has 122 valence electrons. The number of carbonyl (C=O) groups is 1. The zero-order chi connectivity index (χ0) is 16.8. The lowest BCUT2D eigenvalue weighted by Crippen LogP contribution is -2.30. The molecule has 2 N–H and O–H groups in total. The van der Waals surface area contributed by atoms with Gasteiger partial charge in [-0.05, 0) is 41.8 Å². The molecular weight excluding hydrogens is 310 g/mol. The summed E-state index contributed by atoms with van der Waals surface area (Å²) in [6, 6.07) is 14.0. The standard InChI is InChI=1S/C18H21NO3S/c1-3-13-4-6-14(7-5-13)17(12-20)19-18(21)15-8-10-16(11-9-15)23(2)22/h4-11,17,20H,3,12H2,1-2H3,(H,19,21). The number of benzene rings is 2. The van der Waals surface area contributed by atoms with E-state index in [0.717, 1.165) is 12.0 Å². The minimum atomic E-state index is -1.07. The first kappa shape index (κ1) is 17.4. The van der Waals surface area contributed by atoms with Gasteiger partial charge in [0.15, 0.2) is 0 Å². The predicted molar refractivity (Wildman–Crippen MR) is 91.9 cm³/mol. The molecule has 2 aromatic rings. The number of aliphatic hydroxyl groups is 1. The molecule has 2 atom stereocenters. The van der Waals surface area contributed by atoms with E-state index in [2.05, 4.69) is 12.2 Å². The van der Waals surface area contributed by atoms with Gasteiger partial charge < -0.3 is 10.4 Å². The molecule has 0 radical (unpaired) electrons. The van der Waals surface area contributed by atoms with E-state index >= 15 is 0 Å². The van der Waals surface area contributed by atoms with Gasteiger partial charge in [-0.3, -0.25) is 9.00 Å². The van der Waals surface area contributed by atoms with Crippen LogP contribution in [-0.2, 0) is 17.2 Å². The van der Waals surface area contributed by atoms with Gasteiger partial charge in [0.05, 0.1) is 12.6 Å². The molecule has 0 saturated heterocycles. The molecular formula is C18H21NO3S. The Balaban J connectivity index is 2.10. The highest BCUT2D eigenvalue weighted by Gasteiger charge is 2.15. The Bertz CT molecular complexity index is 680. The van der Waals surface area contributed by atoms with Crippen molar-refractivity contribution in [3.05, 3.63) is 65.2 Å². The molecule has 0 fully saturated rings. The highest BCUT2D eigenvalue weighted by molar-refractivity contribution is 7.84. The van der Waals surface area contributed by atoms with Gasteiger partial charge in [0, 0.05) is 27.5 Å². The van der Waals surface area contributed by atoms with Crippen molar-refractivity contribution in [2.45, 2.75) is 24.3 Å². The number of hydrogen-bond acceptors (Lipinski definition) is 3. The third-order valence-electron chi connectivity index (χ3n) is 3.73. The minimum absolute atomic E-state index is 0.172. The fourth-order valence-corrected chi connectivity index (χ4v) is 2.78. The van der Waals surface area contributed by atoms with Crippen LogP contribution < -0.4 is 5.32 Å². The van der Waals surface area contributed by atoms with E-state index in [1.165, 1.54) is 5.56 Å². The zero-order valence-corrected chi connectivity index (χ0v) is 14.1. The van der Waals surface area contributed by atoms with Crippen molar-refractivity contribution in [2.75, 3.05) is 12.9 Å². The molecule has 0 aliphatic rings. The number of hydrogen-bond donors (Lipinski definition) is 2. The number of rotatable bonds is 6. The molecule has 0 bridgehead atoms. The summed E-state index contributed by atoms with van der Waals surface area (Å²) in [5.41, 5.74) is 2.55. The molecule has 2 unspecified atom stereocenters. The second-order valence-corrected chi connectivity index (χ2v) is 6.66. The van der Waals surface area contributed by atoms with E-state index in [-0.39, 0.29) is 12.5 Å². The fraction of sp³-hybridized carbons (Fsp3) is 0.278. The number of aryl methyl sites for hydroxylation is 1. The largest absolute Gasteiger partial charge is 0.394 e. The van der Waals surface area contributed by atoms with Crippen LogP contribution >= 0.6 is 0 Å². The Morgan fingerprint density at radius 3 is 2.22 bits per heavy atom. The monoisotopic (exact) mass is 331 g/mol. The second-order valence-electron chi connectivity index (χ2n) is 5.28. The number of aliphatic hydroxyl groups excluding tert-OH is 1. The van der Waals surface area contributed by atoms with Gasteiger partial charge in [-0.15, -0.1) is 0 Å². The number of nitrogens with one attached hydrogen (secondary N) is 1. The minimum Gasteiger partial charge on any atom is -0.394 e. The van der Waals surface area contributed by atoms with E-state index < -0.39 is 16.8 Å². The molecule has 0 spiro atoms. The predicted octanol–water partition coefficient (Wildman–Crippen LogP) is 2.45. The Morgan fingerprint density at radius 2 is 1.74 bits per heavy atom. The van der Waals surface area contributed by atoms with Crippen LogP contribution in [0.25, 0.3) is 0 Å². The second kappa shape index (κ2) is 8.04. The first-order valence-electron chi connectivity index (χ1n) is 7.49. The highest BCUT2D eigenvalue weighted by atomic mass is 32.2. The summed E-state index contributed by atoms with van der Waals surface area (Å²) in [5, 5.41) is 12.4.